The number of carboxylic acid groups (broad SMARTS) is 1. The fourth-order valence-corrected chi connectivity index (χ4v) is 1.90. The number of nitrogens with zero attached hydrogens (tertiary/aromatic N) is 1. The molecule has 110 valence electrons. The average molecular weight is 281 g/mol. The van der Waals surface area contributed by atoms with Crippen LogP contribution in [-0.4, -0.2) is 43.3 Å². The fourth-order valence-electron chi connectivity index (χ4n) is 1.90. The van der Waals surface area contributed by atoms with Crippen molar-refractivity contribution in [1.29, 1.82) is 0 Å². The highest BCUT2D eigenvalue weighted by Gasteiger charge is 2.04. The Morgan fingerprint density at radius 3 is 2.85 bits per heavy atom. The first-order valence-corrected chi connectivity index (χ1v) is 6.39. The molecular formula is C15H20FNO3. The first-order valence-electron chi connectivity index (χ1n) is 6.39. The summed E-state index contributed by atoms with van der Waals surface area (Å²) < 4.78 is 18.5. The molecule has 0 unspecified atom stereocenters. The van der Waals surface area contributed by atoms with Crippen molar-refractivity contribution in [2.24, 2.45) is 0 Å². The second-order valence-corrected chi connectivity index (χ2v) is 4.65. The summed E-state index contributed by atoms with van der Waals surface area (Å²) >= 11 is 0. The summed E-state index contributed by atoms with van der Waals surface area (Å²) in [6, 6.07) is 4.56. The Bertz CT molecular complexity index is 474. The molecule has 0 saturated carbocycles. The molecule has 0 bridgehead atoms. The van der Waals surface area contributed by atoms with Gasteiger partial charge in [-0.25, -0.2) is 9.18 Å². The van der Waals surface area contributed by atoms with Gasteiger partial charge in [0.05, 0.1) is 0 Å². The van der Waals surface area contributed by atoms with E-state index >= 15 is 0 Å². The smallest absolute Gasteiger partial charge is 0.328 e. The molecule has 0 aliphatic rings. The largest absolute Gasteiger partial charge is 0.478 e. The van der Waals surface area contributed by atoms with Gasteiger partial charge in [0.1, 0.15) is 5.82 Å². The van der Waals surface area contributed by atoms with Gasteiger partial charge >= 0.3 is 5.97 Å². The van der Waals surface area contributed by atoms with Crippen LogP contribution in [0, 0.1) is 5.82 Å². The van der Waals surface area contributed by atoms with E-state index in [4.69, 9.17) is 9.84 Å². The highest BCUT2D eigenvalue weighted by molar-refractivity contribution is 5.85. The maximum Gasteiger partial charge on any atom is 0.328 e. The third kappa shape index (κ3) is 6.45. The first kappa shape index (κ1) is 16.3. The second-order valence-electron chi connectivity index (χ2n) is 4.65. The van der Waals surface area contributed by atoms with Crippen LogP contribution in [0.25, 0.3) is 6.08 Å². The Kier molecular flexibility index (Phi) is 6.90. The van der Waals surface area contributed by atoms with E-state index < -0.39 is 5.97 Å². The lowest BCUT2D eigenvalue weighted by molar-refractivity contribution is -0.131. The Morgan fingerprint density at radius 1 is 1.45 bits per heavy atom. The van der Waals surface area contributed by atoms with Crippen molar-refractivity contribution in [1.82, 2.24) is 4.90 Å². The monoisotopic (exact) mass is 281 g/mol. The van der Waals surface area contributed by atoms with Crippen LogP contribution in [-0.2, 0) is 16.1 Å². The number of aliphatic carboxylic acids is 1. The standard InChI is InChI=1S/C15H20FNO3/c1-17(6-3-7-20-2)11-13-8-12(4-5-15(18)19)9-14(16)10-13/h4-5,8-10H,3,6-7,11H2,1-2H3,(H,18,19). The molecule has 0 saturated heterocycles. The van der Waals surface area contributed by atoms with Gasteiger partial charge in [0, 0.05) is 32.9 Å². The number of ether oxygens (including phenoxy) is 1. The lowest BCUT2D eigenvalue weighted by atomic mass is 10.1. The first-order chi connectivity index (χ1) is 9.51. The van der Waals surface area contributed by atoms with Crippen LogP contribution in [0.1, 0.15) is 17.5 Å². The minimum atomic E-state index is -1.05. The molecular weight excluding hydrogens is 261 g/mol. The molecule has 0 amide bonds. The number of carbonyl (C=O) groups is 1. The predicted molar refractivity (Wildman–Crippen MR) is 75.9 cm³/mol. The van der Waals surface area contributed by atoms with Crippen LogP contribution >= 0.6 is 0 Å². The Hall–Kier alpha value is -1.72. The number of hydrogen-bond donors (Lipinski definition) is 1. The lowest BCUT2D eigenvalue weighted by Gasteiger charge is -2.16. The summed E-state index contributed by atoms with van der Waals surface area (Å²) in [5.74, 6) is -1.41. The number of methoxy groups -OCH3 is 1. The summed E-state index contributed by atoms with van der Waals surface area (Å²) in [6.07, 6.45) is 3.30. The summed E-state index contributed by atoms with van der Waals surface area (Å²) in [5.41, 5.74) is 1.36. The molecule has 1 N–H and O–H groups in total. The highest BCUT2D eigenvalue weighted by Crippen LogP contribution is 2.13. The maximum atomic E-state index is 13.5. The van der Waals surface area contributed by atoms with E-state index in [9.17, 15) is 9.18 Å². The average Bonchev–Trinajstić information content (AvgIpc) is 2.36. The number of hydrogen-bond acceptors (Lipinski definition) is 3. The summed E-state index contributed by atoms with van der Waals surface area (Å²) in [6.45, 7) is 2.15. The van der Waals surface area contributed by atoms with E-state index in [0.717, 1.165) is 24.6 Å². The third-order valence-electron chi connectivity index (χ3n) is 2.74. The van der Waals surface area contributed by atoms with Gasteiger partial charge in [0.25, 0.3) is 0 Å². The minimum absolute atomic E-state index is 0.363. The second kappa shape index (κ2) is 8.45. The van der Waals surface area contributed by atoms with Gasteiger partial charge in [0.15, 0.2) is 0 Å². The molecule has 1 aromatic carbocycles. The molecule has 0 radical (unpaired) electrons. The molecule has 20 heavy (non-hydrogen) atoms. The number of benzene rings is 1. The molecule has 1 aromatic rings. The minimum Gasteiger partial charge on any atom is -0.478 e. The van der Waals surface area contributed by atoms with Crippen molar-refractivity contribution >= 4 is 12.0 Å². The van der Waals surface area contributed by atoms with E-state index in [1.165, 1.54) is 18.2 Å². The molecule has 5 heteroatoms. The van der Waals surface area contributed by atoms with Crippen molar-refractivity contribution < 1.29 is 19.0 Å². The topological polar surface area (TPSA) is 49.8 Å². The van der Waals surface area contributed by atoms with E-state index in [1.54, 1.807) is 13.2 Å². The van der Waals surface area contributed by atoms with Gasteiger partial charge < -0.3 is 14.7 Å². The van der Waals surface area contributed by atoms with Crippen LogP contribution < -0.4 is 0 Å². The van der Waals surface area contributed by atoms with Crippen molar-refractivity contribution in [3.05, 3.63) is 41.2 Å². The molecule has 0 aromatic heterocycles. The van der Waals surface area contributed by atoms with Gasteiger partial charge in [-0.05, 0) is 42.8 Å². The van der Waals surface area contributed by atoms with Gasteiger partial charge in [-0.15, -0.1) is 0 Å². The molecule has 0 spiro atoms. The van der Waals surface area contributed by atoms with Crippen molar-refractivity contribution in [3.8, 4) is 0 Å². The molecule has 0 heterocycles. The molecule has 0 aliphatic carbocycles. The lowest BCUT2D eigenvalue weighted by Crippen LogP contribution is -2.20. The number of halogens is 1. The van der Waals surface area contributed by atoms with E-state index in [2.05, 4.69) is 4.90 Å². The zero-order valence-electron chi connectivity index (χ0n) is 11.8. The van der Waals surface area contributed by atoms with Crippen LogP contribution in [0.3, 0.4) is 0 Å². The number of rotatable bonds is 8. The van der Waals surface area contributed by atoms with Gasteiger partial charge in [-0.3, -0.25) is 0 Å². The van der Waals surface area contributed by atoms with Gasteiger partial charge in [-0.2, -0.15) is 0 Å². The highest BCUT2D eigenvalue weighted by atomic mass is 19.1. The van der Waals surface area contributed by atoms with E-state index in [1.807, 2.05) is 7.05 Å². The maximum absolute atomic E-state index is 13.5. The predicted octanol–water partition coefficient (Wildman–Crippen LogP) is 2.39. The summed E-state index contributed by atoms with van der Waals surface area (Å²) in [5, 5.41) is 8.58. The Morgan fingerprint density at radius 2 is 2.20 bits per heavy atom. The van der Waals surface area contributed by atoms with Crippen molar-refractivity contribution in [3.63, 3.8) is 0 Å². The molecule has 0 atom stereocenters. The third-order valence-corrected chi connectivity index (χ3v) is 2.74. The molecule has 4 nitrogen and oxygen atoms in total. The zero-order chi connectivity index (χ0) is 15.0. The van der Waals surface area contributed by atoms with E-state index in [-0.39, 0.29) is 5.82 Å². The number of carboxylic acids is 1. The van der Waals surface area contributed by atoms with Crippen LogP contribution in [0.4, 0.5) is 4.39 Å². The van der Waals surface area contributed by atoms with Crippen molar-refractivity contribution in [2.75, 3.05) is 27.3 Å². The fraction of sp³-hybridized carbons (Fsp3) is 0.400. The van der Waals surface area contributed by atoms with Gasteiger partial charge in [0.2, 0.25) is 0 Å². The SMILES string of the molecule is COCCCN(C)Cc1cc(F)cc(C=CC(=O)O)c1. The Balaban J connectivity index is 2.67. The Labute approximate surface area is 118 Å². The van der Waals surface area contributed by atoms with Crippen LogP contribution in [0.2, 0.25) is 0 Å². The molecule has 0 fully saturated rings. The van der Waals surface area contributed by atoms with Crippen molar-refractivity contribution in [2.45, 2.75) is 13.0 Å². The normalized spacial score (nSPS) is 11.4. The van der Waals surface area contributed by atoms with Gasteiger partial charge in [-0.1, -0.05) is 6.07 Å². The summed E-state index contributed by atoms with van der Waals surface area (Å²) in [4.78, 5) is 12.5. The van der Waals surface area contributed by atoms with Crippen LogP contribution in [0.15, 0.2) is 24.3 Å². The molecule has 0 aliphatic heterocycles. The van der Waals surface area contributed by atoms with Crippen LogP contribution in [0.5, 0.6) is 0 Å². The molecule has 1 rings (SSSR count). The van der Waals surface area contributed by atoms with E-state index in [0.29, 0.717) is 18.7 Å². The zero-order valence-corrected chi connectivity index (χ0v) is 11.8. The summed E-state index contributed by atoms with van der Waals surface area (Å²) in [7, 11) is 3.61. The quantitative estimate of drug-likeness (QED) is 0.587.